The van der Waals surface area contributed by atoms with Crippen molar-refractivity contribution in [3.8, 4) is 0 Å². The van der Waals surface area contributed by atoms with Gasteiger partial charge in [0.2, 0.25) is 5.91 Å². The van der Waals surface area contributed by atoms with E-state index in [1.54, 1.807) is 0 Å². The van der Waals surface area contributed by atoms with Gasteiger partial charge in [-0.3, -0.25) is 19.2 Å². The summed E-state index contributed by atoms with van der Waals surface area (Å²) < 4.78 is 0. The van der Waals surface area contributed by atoms with Crippen LogP contribution in [0.2, 0.25) is 0 Å². The van der Waals surface area contributed by atoms with Crippen LogP contribution in [0.25, 0.3) is 6.08 Å². The summed E-state index contributed by atoms with van der Waals surface area (Å²) in [5, 5.41) is 25.0. The van der Waals surface area contributed by atoms with Crippen LogP contribution in [-0.4, -0.2) is 55.2 Å². The third-order valence-corrected chi connectivity index (χ3v) is 9.74. The van der Waals surface area contributed by atoms with Crippen LogP contribution in [0.15, 0.2) is 16.8 Å². The molecule has 44 heavy (non-hydrogen) atoms. The normalized spacial score (nSPS) is 21.7. The second-order valence-corrected chi connectivity index (χ2v) is 13.0. The van der Waals surface area contributed by atoms with Crippen LogP contribution in [0, 0.1) is 25.7 Å². The minimum Gasteiger partial charge on any atom is -0.481 e. The number of aromatic amines is 2. The molecule has 1 fully saturated rings. The Bertz CT molecular complexity index is 1550. The standard InChI is InChI=1S/C33H44N4O6S/c1-7-20-15(2)25(36-33(20)43)12-23-16(3)21(8-10-29(38)39)26(34-23)14-27-22(9-11-30(40)41)17(4)24(35-27)13-28-31(19(6)44)18(5)32(42)37-28/h12,18-19,28,31,34-35,44H,7-11,13-14H2,1-6H3,(H,36,43)(H,37,42)(H,38,39)(H,40,41)/b25-12+/t18-,19+,28?,31+/m1/s1. The van der Waals surface area contributed by atoms with E-state index in [1.807, 2.05) is 47.6 Å². The lowest BCUT2D eigenvalue weighted by atomic mass is 9.86. The fraction of sp³-hybridized carbons (Fsp3) is 0.515. The number of allylic oxidation sites excluding steroid dienone is 1. The molecule has 11 heteroatoms. The van der Waals surface area contributed by atoms with E-state index >= 15 is 0 Å². The van der Waals surface area contributed by atoms with Gasteiger partial charge in [0.1, 0.15) is 0 Å². The number of aliphatic carboxylic acids is 2. The van der Waals surface area contributed by atoms with Crippen molar-refractivity contribution in [2.45, 2.75) is 97.8 Å². The summed E-state index contributed by atoms with van der Waals surface area (Å²) in [6, 6.07) is -0.106. The van der Waals surface area contributed by atoms with Crippen molar-refractivity contribution in [3.05, 3.63) is 61.9 Å². The Balaban J connectivity index is 1.74. The van der Waals surface area contributed by atoms with Gasteiger partial charge >= 0.3 is 11.9 Å². The Kier molecular flexibility index (Phi) is 10.2. The van der Waals surface area contributed by atoms with Crippen molar-refractivity contribution < 1.29 is 29.4 Å². The molecule has 4 heterocycles. The van der Waals surface area contributed by atoms with Crippen molar-refractivity contribution >= 4 is 42.5 Å². The van der Waals surface area contributed by atoms with E-state index < -0.39 is 11.9 Å². The minimum absolute atomic E-state index is 0.0117. The van der Waals surface area contributed by atoms with E-state index in [2.05, 4.69) is 33.2 Å². The van der Waals surface area contributed by atoms with Crippen molar-refractivity contribution in [3.63, 3.8) is 0 Å². The molecule has 6 N–H and O–H groups in total. The number of aromatic nitrogens is 2. The highest BCUT2D eigenvalue weighted by atomic mass is 32.1. The molecule has 0 spiro atoms. The Labute approximate surface area is 263 Å². The predicted molar refractivity (Wildman–Crippen MR) is 172 cm³/mol. The van der Waals surface area contributed by atoms with Crippen LogP contribution < -0.4 is 10.6 Å². The number of hydrogen-bond acceptors (Lipinski definition) is 5. The van der Waals surface area contributed by atoms with Gasteiger partial charge in [-0.2, -0.15) is 12.6 Å². The quantitative estimate of drug-likeness (QED) is 0.163. The Morgan fingerprint density at radius 1 is 0.955 bits per heavy atom. The van der Waals surface area contributed by atoms with Crippen molar-refractivity contribution in [2.24, 2.45) is 11.8 Å². The summed E-state index contributed by atoms with van der Waals surface area (Å²) in [4.78, 5) is 55.2. The van der Waals surface area contributed by atoms with E-state index in [0.29, 0.717) is 37.8 Å². The molecule has 2 aliphatic heterocycles. The third kappa shape index (κ3) is 6.82. The molecule has 2 aliphatic rings. The molecule has 0 radical (unpaired) electrons. The first-order valence-electron chi connectivity index (χ1n) is 15.3. The Morgan fingerprint density at radius 3 is 2.09 bits per heavy atom. The number of carboxylic acids is 2. The molecule has 1 unspecified atom stereocenters. The fourth-order valence-corrected chi connectivity index (χ4v) is 7.35. The highest BCUT2D eigenvalue weighted by molar-refractivity contribution is 7.80. The summed E-state index contributed by atoms with van der Waals surface area (Å²) in [6.45, 7) is 11.7. The number of H-pyrrole nitrogens is 2. The molecule has 0 aromatic carbocycles. The highest BCUT2D eigenvalue weighted by Crippen LogP contribution is 2.34. The molecule has 0 bridgehead atoms. The smallest absolute Gasteiger partial charge is 0.303 e. The number of thiol groups is 1. The predicted octanol–water partition coefficient (Wildman–Crippen LogP) is 4.39. The van der Waals surface area contributed by atoms with Crippen LogP contribution in [-0.2, 0) is 44.9 Å². The zero-order chi connectivity index (χ0) is 32.5. The average Bonchev–Trinajstić information content (AvgIpc) is 3.59. The summed E-state index contributed by atoms with van der Waals surface area (Å²) in [6.07, 6.45) is 4.09. The third-order valence-electron chi connectivity index (χ3n) is 9.39. The number of carboxylic acid groups (broad SMARTS) is 2. The maximum Gasteiger partial charge on any atom is 0.303 e. The highest BCUT2D eigenvalue weighted by Gasteiger charge is 2.41. The lowest BCUT2D eigenvalue weighted by Crippen LogP contribution is -2.34. The van der Waals surface area contributed by atoms with Crippen LogP contribution in [0.4, 0.5) is 0 Å². The van der Waals surface area contributed by atoms with Gasteiger partial charge in [0, 0.05) is 82.9 Å². The molecule has 4 rings (SSSR count). The number of hydrogen-bond donors (Lipinski definition) is 7. The van der Waals surface area contributed by atoms with Gasteiger partial charge < -0.3 is 30.8 Å². The van der Waals surface area contributed by atoms with Gasteiger partial charge in [0.25, 0.3) is 5.91 Å². The van der Waals surface area contributed by atoms with Crippen molar-refractivity contribution in [2.75, 3.05) is 0 Å². The van der Waals surface area contributed by atoms with E-state index in [0.717, 1.165) is 56.2 Å². The largest absolute Gasteiger partial charge is 0.481 e. The van der Waals surface area contributed by atoms with E-state index in [9.17, 15) is 29.4 Å². The second-order valence-electron chi connectivity index (χ2n) is 12.2. The molecule has 4 atom stereocenters. The Hall–Kier alpha value is -3.73. The first-order valence-corrected chi connectivity index (χ1v) is 15.8. The van der Waals surface area contributed by atoms with E-state index in [1.165, 1.54) is 0 Å². The molecule has 0 aliphatic carbocycles. The number of carbonyl (C=O) groups is 4. The maximum atomic E-state index is 12.5. The molecule has 1 saturated heterocycles. The molecular formula is C33H44N4O6S. The van der Waals surface area contributed by atoms with E-state index in [-0.39, 0.29) is 47.8 Å². The minimum atomic E-state index is -0.896. The fourth-order valence-electron chi connectivity index (χ4n) is 6.88. The molecule has 238 valence electrons. The van der Waals surface area contributed by atoms with Gasteiger partial charge in [0.05, 0.1) is 0 Å². The van der Waals surface area contributed by atoms with Crippen molar-refractivity contribution in [1.29, 1.82) is 0 Å². The number of carbonyl (C=O) groups excluding carboxylic acids is 2. The van der Waals surface area contributed by atoms with Gasteiger partial charge in [-0.25, -0.2) is 0 Å². The van der Waals surface area contributed by atoms with Crippen LogP contribution >= 0.6 is 12.6 Å². The first kappa shape index (κ1) is 33.2. The SMILES string of the molecule is CCC1=C(C)/C(=C\c2[nH]c(Cc3[nH]c(CC4NC(=O)[C@H](C)[C@H]4[C@H](C)S)c(C)c3CCC(=O)O)c(CCC(=O)O)c2C)NC1=O. The summed E-state index contributed by atoms with van der Waals surface area (Å²) in [7, 11) is 0. The van der Waals surface area contributed by atoms with E-state index in [4.69, 9.17) is 0 Å². The van der Waals surface area contributed by atoms with Crippen LogP contribution in [0.5, 0.6) is 0 Å². The second kappa shape index (κ2) is 13.5. The lowest BCUT2D eigenvalue weighted by molar-refractivity contribution is -0.138. The molecule has 10 nitrogen and oxygen atoms in total. The monoisotopic (exact) mass is 624 g/mol. The van der Waals surface area contributed by atoms with Gasteiger partial charge in [-0.05, 0) is 73.9 Å². The first-order chi connectivity index (χ1) is 20.7. The molecular weight excluding hydrogens is 580 g/mol. The summed E-state index contributed by atoms with van der Waals surface area (Å²) >= 11 is 4.67. The number of rotatable bonds is 13. The topological polar surface area (TPSA) is 164 Å². The zero-order valence-corrected chi connectivity index (χ0v) is 27.2. The molecule has 2 aromatic heterocycles. The number of amides is 2. The average molecular weight is 625 g/mol. The maximum absolute atomic E-state index is 12.5. The summed E-state index contributed by atoms with van der Waals surface area (Å²) in [5.41, 5.74) is 9.47. The van der Waals surface area contributed by atoms with Crippen molar-refractivity contribution in [1.82, 2.24) is 20.6 Å². The number of nitrogens with one attached hydrogen (secondary N) is 4. The Morgan fingerprint density at radius 2 is 1.55 bits per heavy atom. The van der Waals surface area contributed by atoms with Gasteiger partial charge in [0.15, 0.2) is 0 Å². The lowest BCUT2D eigenvalue weighted by Gasteiger charge is -2.24. The van der Waals surface area contributed by atoms with Crippen LogP contribution in [0.1, 0.15) is 92.0 Å². The molecule has 2 amide bonds. The van der Waals surface area contributed by atoms with Crippen LogP contribution in [0.3, 0.4) is 0 Å². The molecule has 0 saturated carbocycles. The van der Waals surface area contributed by atoms with Gasteiger partial charge in [-0.15, -0.1) is 0 Å². The molecule has 2 aromatic rings. The van der Waals surface area contributed by atoms with Gasteiger partial charge in [-0.1, -0.05) is 20.8 Å². The summed E-state index contributed by atoms with van der Waals surface area (Å²) in [5.74, 6) is -1.99. The zero-order valence-electron chi connectivity index (χ0n) is 26.3.